The van der Waals surface area contributed by atoms with Gasteiger partial charge >= 0.3 is 5.97 Å². The van der Waals surface area contributed by atoms with Crippen LogP contribution in [0.3, 0.4) is 0 Å². The fourth-order valence-electron chi connectivity index (χ4n) is 3.36. The van der Waals surface area contributed by atoms with E-state index in [2.05, 4.69) is 20.8 Å². The van der Waals surface area contributed by atoms with E-state index < -0.39 is 11.4 Å². The molecule has 0 amide bonds. The first-order valence-corrected chi connectivity index (χ1v) is 7.27. The summed E-state index contributed by atoms with van der Waals surface area (Å²) in [4.78, 5) is 11.6. The van der Waals surface area contributed by atoms with E-state index in [1.807, 2.05) is 0 Å². The van der Waals surface area contributed by atoms with Gasteiger partial charge < -0.3 is 5.11 Å². The van der Waals surface area contributed by atoms with E-state index >= 15 is 0 Å². The zero-order valence-electron chi connectivity index (χ0n) is 11.7. The summed E-state index contributed by atoms with van der Waals surface area (Å²) in [6, 6.07) is 0. The van der Waals surface area contributed by atoms with Gasteiger partial charge in [-0.2, -0.15) is 0 Å². The van der Waals surface area contributed by atoms with Crippen molar-refractivity contribution >= 4 is 5.97 Å². The molecule has 1 saturated carbocycles. The van der Waals surface area contributed by atoms with Gasteiger partial charge in [0.15, 0.2) is 0 Å². The van der Waals surface area contributed by atoms with Gasteiger partial charge in [-0.15, -0.1) is 0 Å². The maximum absolute atomic E-state index is 11.6. The third kappa shape index (κ3) is 3.72. The second kappa shape index (κ2) is 6.42. The maximum atomic E-state index is 11.6. The average molecular weight is 240 g/mol. The third-order valence-electron chi connectivity index (χ3n) is 4.53. The van der Waals surface area contributed by atoms with Crippen molar-refractivity contribution < 1.29 is 9.90 Å². The number of carbonyl (C=O) groups is 1. The highest BCUT2D eigenvalue weighted by atomic mass is 16.4. The lowest BCUT2D eigenvalue weighted by molar-refractivity contribution is -0.150. The normalized spacial score (nSPS) is 30.4. The number of unbranched alkanes of at least 4 members (excludes halogenated alkanes) is 1. The van der Waals surface area contributed by atoms with E-state index in [1.165, 1.54) is 19.3 Å². The van der Waals surface area contributed by atoms with Crippen molar-refractivity contribution in [1.82, 2.24) is 0 Å². The van der Waals surface area contributed by atoms with Crippen LogP contribution < -0.4 is 0 Å². The number of rotatable bonds is 7. The summed E-state index contributed by atoms with van der Waals surface area (Å²) in [6.07, 6.45) is 8.58. The Balaban J connectivity index is 2.62. The van der Waals surface area contributed by atoms with Crippen molar-refractivity contribution in [2.45, 2.75) is 72.1 Å². The minimum atomic E-state index is -0.545. The van der Waals surface area contributed by atoms with Crippen LogP contribution in [-0.2, 0) is 4.79 Å². The van der Waals surface area contributed by atoms with Gasteiger partial charge in [0.1, 0.15) is 0 Å². The number of hydrogen-bond donors (Lipinski definition) is 1. The molecule has 1 aliphatic rings. The molecule has 3 atom stereocenters. The molecule has 2 nitrogen and oxygen atoms in total. The van der Waals surface area contributed by atoms with Gasteiger partial charge in [-0.05, 0) is 37.5 Å². The van der Waals surface area contributed by atoms with Crippen LogP contribution in [0.5, 0.6) is 0 Å². The number of carboxylic acid groups (broad SMARTS) is 1. The molecule has 0 spiro atoms. The molecule has 17 heavy (non-hydrogen) atoms. The molecule has 0 aromatic rings. The van der Waals surface area contributed by atoms with Gasteiger partial charge in [0.25, 0.3) is 0 Å². The first-order chi connectivity index (χ1) is 8.04. The summed E-state index contributed by atoms with van der Waals surface area (Å²) in [6.45, 7) is 6.60. The first-order valence-electron chi connectivity index (χ1n) is 7.27. The standard InChI is InChI=1S/C15H28O2/c1-4-6-7-13(5-2)11-15(14(16)17)9-8-12(3)10-15/h12-13H,4-11H2,1-3H3,(H,16,17). The van der Waals surface area contributed by atoms with E-state index in [0.29, 0.717) is 11.8 Å². The predicted octanol–water partition coefficient (Wildman–Crippen LogP) is 4.48. The molecule has 3 unspecified atom stereocenters. The molecule has 1 N–H and O–H groups in total. The van der Waals surface area contributed by atoms with Gasteiger partial charge in [0.05, 0.1) is 5.41 Å². The molecule has 1 fully saturated rings. The average Bonchev–Trinajstić information content (AvgIpc) is 2.67. The van der Waals surface area contributed by atoms with Crippen molar-refractivity contribution in [2.24, 2.45) is 17.3 Å². The van der Waals surface area contributed by atoms with Crippen molar-refractivity contribution in [2.75, 3.05) is 0 Å². The first kappa shape index (κ1) is 14.5. The molecule has 0 aliphatic heterocycles. The van der Waals surface area contributed by atoms with E-state index in [1.54, 1.807) is 0 Å². The molecule has 100 valence electrons. The Morgan fingerprint density at radius 2 is 2.18 bits per heavy atom. The SMILES string of the molecule is CCCCC(CC)CC1(C(=O)O)CCC(C)C1. The van der Waals surface area contributed by atoms with Crippen molar-refractivity contribution in [3.05, 3.63) is 0 Å². The second-order valence-corrected chi connectivity index (χ2v) is 6.05. The van der Waals surface area contributed by atoms with E-state index in [4.69, 9.17) is 0 Å². The van der Waals surface area contributed by atoms with Gasteiger partial charge in [0.2, 0.25) is 0 Å². The zero-order valence-corrected chi connectivity index (χ0v) is 11.7. The molecular weight excluding hydrogens is 212 g/mol. The fraction of sp³-hybridized carbons (Fsp3) is 0.933. The lowest BCUT2D eigenvalue weighted by Crippen LogP contribution is -2.30. The highest BCUT2D eigenvalue weighted by molar-refractivity contribution is 5.75. The summed E-state index contributed by atoms with van der Waals surface area (Å²) < 4.78 is 0. The lowest BCUT2D eigenvalue weighted by Gasteiger charge is -2.29. The maximum Gasteiger partial charge on any atom is 0.309 e. The number of hydrogen-bond acceptors (Lipinski definition) is 1. The van der Waals surface area contributed by atoms with Gasteiger partial charge in [-0.1, -0.05) is 46.5 Å². The van der Waals surface area contributed by atoms with E-state index in [0.717, 1.165) is 32.1 Å². The highest BCUT2D eigenvalue weighted by Gasteiger charge is 2.44. The molecule has 0 aromatic carbocycles. The van der Waals surface area contributed by atoms with E-state index in [-0.39, 0.29) is 0 Å². The Morgan fingerprint density at radius 3 is 2.59 bits per heavy atom. The molecule has 0 radical (unpaired) electrons. The van der Waals surface area contributed by atoms with Crippen LogP contribution >= 0.6 is 0 Å². The van der Waals surface area contributed by atoms with Crippen LogP contribution in [0.2, 0.25) is 0 Å². The topological polar surface area (TPSA) is 37.3 Å². The van der Waals surface area contributed by atoms with Gasteiger partial charge in [-0.25, -0.2) is 0 Å². The van der Waals surface area contributed by atoms with Crippen LogP contribution in [0.4, 0.5) is 0 Å². The highest BCUT2D eigenvalue weighted by Crippen LogP contribution is 2.47. The quantitative estimate of drug-likeness (QED) is 0.712. The Hall–Kier alpha value is -0.530. The zero-order chi connectivity index (χ0) is 12.9. The minimum Gasteiger partial charge on any atom is -0.481 e. The summed E-state index contributed by atoms with van der Waals surface area (Å²) in [5, 5.41) is 9.55. The Bertz CT molecular complexity index is 249. The molecule has 0 aromatic heterocycles. The van der Waals surface area contributed by atoms with Crippen LogP contribution in [-0.4, -0.2) is 11.1 Å². The van der Waals surface area contributed by atoms with Crippen LogP contribution in [0.25, 0.3) is 0 Å². The molecule has 1 aliphatic carbocycles. The Kier molecular flexibility index (Phi) is 5.48. The summed E-state index contributed by atoms with van der Waals surface area (Å²) in [5.74, 6) is 0.655. The lowest BCUT2D eigenvalue weighted by atomic mass is 9.75. The molecule has 0 heterocycles. The largest absolute Gasteiger partial charge is 0.481 e. The van der Waals surface area contributed by atoms with Crippen molar-refractivity contribution in [3.8, 4) is 0 Å². The molecule has 2 heteroatoms. The van der Waals surface area contributed by atoms with Crippen LogP contribution in [0.15, 0.2) is 0 Å². The summed E-state index contributed by atoms with van der Waals surface area (Å²) in [5.41, 5.74) is -0.395. The van der Waals surface area contributed by atoms with Crippen LogP contribution in [0, 0.1) is 17.3 Å². The molecule has 0 bridgehead atoms. The molecular formula is C15H28O2. The number of carboxylic acids is 1. The number of aliphatic carboxylic acids is 1. The van der Waals surface area contributed by atoms with Crippen molar-refractivity contribution in [1.29, 1.82) is 0 Å². The monoisotopic (exact) mass is 240 g/mol. The van der Waals surface area contributed by atoms with Crippen LogP contribution in [0.1, 0.15) is 72.1 Å². The fourth-order valence-corrected chi connectivity index (χ4v) is 3.36. The predicted molar refractivity (Wildman–Crippen MR) is 71.0 cm³/mol. The molecule has 1 rings (SSSR count). The second-order valence-electron chi connectivity index (χ2n) is 6.05. The Labute approximate surface area is 106 Å². The van der Waals surface area contributed by atoms with Crippen molar-refractivity contribution in [3.63, 3.8) is 0 Å². The molecule has 0 saturated heterocycles. The minimum absolute atomic E-state index is 0.395. The van der Waals surface area contributed by atoms with Gasteiger partial charge in [0, 0.05) is 0 Å². The summed E-state index contributed by atoms with van der Waals surface area (Å²) in [7, 11) is 0. The van der Waals surface area contributed by atoms with Gasteiger partial charge in [-0.3, -0.25) is 4.79 Å². The Morgan fingerprint density at radius 1 is 1.47 bits per heavy atom. The van der Waals surface area contributed by atoms with E-state index in [9.17, 15) is 9.90 Å². The third-order valence-corrected chi connectivity index (χ3v) is 4.53. The summed E-state index contributed by atoms with van der Waals surface area (Å²) >= 11 is 0. The smallest absolute Gasteiger partial charge is 0.309 e.